The number of H-pyrrole nitrogens is 1. The van der Waals surface area contributed by atoms with Gasteiger partial charge in [0.2, 0.25) is 4.80 Å². The number of thiazole rings is 1. The van der Waals surface area contributed by atoms with Crippen LogP contribution in [0.2, 0.25) is 0 Å². The van der Waals surface area contributed by atoms with Crippen molar-refractivity contribution in [3.63, 3.8) is 0 Å². The van der Waals surface area contributed by atoms with Crippen LogP contribution >= 0.6 is 11.3 Å². The van der Waals surface area contributed by atoms with Gasteiger partial charge in [-0.15, -0.1) is 11.3 Å². The Balaban J connectivity index is 1.55. The van der Waals surface area contributed by atoms with E-state index in [4.69, 9.17) is 10.1 Å². The molecule has 3 heterocycles. The molecule has 0 saturated carbocycles. The first kappa shape index (κ1) is 24.6. The Morgan fingerprint density at radius 2 is 1.62 bits per heavy atom. The number of nitrogens with one attached hydrogen (secondary N) is 1. The fourth-order valence-electron chi connectivity index (χ4n) is 4.77. The summed E-state index contributed by atoms with van der Waals surface area (Å²) in [4.78, 5) is 22.5. The van der Waals surface area contributed by atoms with Crippen molar-refractivity contribution in [3.05, 3.63) is 122 Å². The maximum atomic E-state index is 13.6. The largest absolute Gasteiger partial charge is 0.358 e. The molecular weight excluding hydrogens is 504 g/mol. The molecule has 6 aromatic rings. The van der Waals surface area contributed by atoms with Crippen molar-refractivity contribution in [2.24, 2.45) is 17.1 Å². The number of aromatic nitrogens is 4. The molecule has 8 heteroatoms. The molecule has 0 amide bonds. The monoisotopic (exact) mass is 532 g/mol. The zero-order valence-corrected chi connectivity index (χ0v) is 23.0. The Morgan fingerprint density at radius 1 is 0.897 bits per heavy atom. The Labute approximate surface area is 229 Å². The minimum Gasteiger partial charge on any atom is -0.358 e. The predicted octanol–water partition coefficient (Wildman–Crippen LogP) is 6.23. The molecular formula is C31H28N6OS. The third-order valence-electron chi connectivity index (χ3n) is 7.01. The van der Waals surface area contributed by atoms with Gasteiger partial charge in [-0.2, -0.15) is 5.10 Å². The number of para-hydroxylation sites is 2. The molecule has 0 spiro atoms. The summed E-state index contributed by atoms with van der Waals surface area (Å²) in [7, 11) is 1.88. The maximum absolute atomic E-state index is 13.6. The number of benzene rings is 3. The number of fused-ring (bicyclic) bond motifs is 1. The highest BCUT2D eigenvalue weighted by Crippen LogP contribution is 2.24. The number of rotatable bonds is 5. The zero-order valence-electron chi connectivity index (χ0n) is 22.2. The van der Waals surface area contributed by atoms with Gasteiger partial charge >= 0.3 is 0 Å². The molecule has 0 unspecified atom stereocenters. The summed E-state index contributed by atoms with van der Waals surface area (Å²) in [6.45, 7) is 6.03. The molecule has 194 valence electrons. The Hall–Kier alpha value is -4.69. The van der Waals surface area contributed by atoms with E-state index in [-0.39, 0.29) is 5.56 Å². The molecule has 3 aromatic carbocycles. The Kier molecular flexibility index (Phi) is 6.24. The molecule has 0 aliphatic heterocycles. The molecule has 0 saturated heterocycles. The molecule has 3 aromatic heterocycles. The molecule has 7 nitrogen and oxygen atoms in total. The van der Waals surface area contributed by atoms with Crippen LogP contribution in [0.5, 0.6) is 0 Å². The predicted molar refractivity (Wildman–Crippen MR) is 159 cm³/mol. The number of hydrogen-bond acceptors (Lipinski definition) is 4. The third kappa shape index (κ3) is 4.38. The number of hydrogen-bond donors (Lipinski definition) is 1. The van der Waals surface area contributed by atoms with Crippen LogP contribution in [0.1, 0.15) is 22.5 Å². The first-order valence-corrected chi connectivity index (χ1v) is 13.6. The van der Waals surface area contributed by atoms with Gasteiger partial charge < -0.3 is 4.98 Å². The van der Waals surface area contributed by atoms with Crippen LogP contribution < -0.4 is 10.4 Å². The van der Waals surface area contributed by atoms with Crippen LogP contribution in [0.3, 0.4) is 0 Å². The van der Waals surface area contributed by atoms with Gasteiger partial charge in [0.25, 0.3) is 5.56 Å². The Bertz CT molecular complexity index is 1960. The van der Waals surface area contributed by atoms with Crippen LogP contribution in [-0.4, -0.2) is 25.2 Å². The fourth-order valence-corrected chi connectivity index (χ4v) is 5.61. The Morgan fingerprint density at radius 3 is 2.38 bits per heavy atom. The van der Waals surface area contributed by atoms with E-state index in [9.17, 15) is 4.79 Å². The standard InChI is InChI=1S/C31H28N6OS/c1-20-14-16-23(17-15-20)28-19-39-31(36(28)32-18-26-21(2)33-27-13-9-8-12-25(26)27)34-29-22(3)35(4)37(30(29)38)24-10-6-5-7-11-24/h5-19,33H,1-4H3. The number of aryl methyl sites for hydroxylation is 2. The lowest BCUT2D eigenvalue weighted by Crippen LogP contribution is -2.19. The summed E-state index contributed by atoms with van der Waals surface area (Å²) >= 11 is 1.46. The number of nitrogens with zero attached hydrogens (tertiary/aromatic N) is 5. The van der Waals surface area contributed by atoms with E-state index in [1.165, 1.54) is 16.9 Å². The molecule has 0 radical (unpaired) electrons. The summed E-state index contributed by atoms with van der Waals surface area (Å²) < 4.78 is 5.31. The first-order chi connectivity index (χ1) is 18.9. The van der Waals surface area contributed by atoms with Crippen molar-refractivity contribution >= 4 is 34.1 Å². The molecule has 6 rings (SSSR count). The molecule has 1 N–H and O–H groups in total. The average molecular weight is 533 g/mol. The fraction of sp³-hybridized carbons (Fsp3) is 0.129. The third-order valence-corrected chi connectivity index (χ3v) is 7.83. The average Bonchev–Trinajstić information content (AvgIpc) is 3.56. The second-order valence-corrected chi connectivity index (χ2v) is 10.4. The van der Waals surface area contributed by atoms with Crippen molar-refractivity contribution in [2.45, 2.75) is 20.8 Å². The van der Waals surface area contributed by atoms with Gasteiger partial charge in [-0.3, -0.25) is 9.48 Å². The van der Waals surface area contributed by atoms with Crippen molar-refractivity contribution in [2.75, 3.05) is 0 Å². The van der Waals surface area contributed by atoms with Gasteiger partial charge in [0.1, 0.15) is 0 Å². The minimum atomic E-state index is -0.172. The lowest BCUT2D eigenvalue weighted by molar-refractivity contribution is 0.630. The van der Waals surface area contributed by atoms with Gasteiger partial charge in [-0.05, 0) is 39.0 Å². The quantitative estimate of drug-likeness (QED) is 0.263. The second kappa shape index (κ2) is 9.89. The van der Waals surface area contributed by atoms with Crippen LogP contribution in [0.15, 0.2) is 99.1 Å². The van der Waals surface area contributed by atoms with E-state index in [2.05, 4.69) is 48.3 Å². The normalized spacial score (nSPS) is 12.3. The summed E-state index contributed by atoms with van der Waals surface area (Å²) in [6.07, 6.45) is 1.87. The SMILES string of the molecule is Cc1ccc(-c2csc(=Nc3c(C)n(C)n(-c4ccccc4)c3=O)n2N=Cc2c(C)[nH]c3ccccc23)cc1. The van der Waals surface area contributed by atoms with Crippen molar-refractivity contribution in [3.8, 4) is 16.9 Å². The van der Waals surface area contributed by atoms with E-state index >= 15 is 0 Å². The number of aromatic amines is 1. The first-order valence-electron chi connectivity index (χ1n) is 12.7. The van der Waals surface area contributed by atoms with Crippen LogP contribution in [0.4, 0.5) is 5.69 Å². The van der Waals surface area contributed by atoms with Gasteiger partial charge in [0, 0.05) is 40.2 Å². The molecule has 0 aliphatic rings. The van der Waals surface area contributed by atoms with Gasteiger partial charge in [-0.25, -0.2) is 14.4 Å². The van der Waals surface area contributed by atoms with E-state index in [1.54, 1.807) is 4.68 Å². The van der Waals surface area contributed by atoms with Crippen LogP contribution in [0, 0.1) is 20.8 Å². The molecule has 39 heavy (non-hydrogen) atoms. The van der Waals surface area contributed by atoms with Crippen molar-refractivity contribution < 1.29 is 0 Å². The lowest BCUT2D eigenvalue weighted by Gasteiger charge is -2.07. The van der Waals surface area contributed by atoms with Crippen LogP contribution in [-0.2, 0) is 7.05 Å². The maximum Gasteiger partial charge on any atom is 0.297 e. The lowest BCUT2D eigenvalue weighted by atomic mass is 10.1. The smallest absolute Gasteiger partial charge is 0.297 e. The second-order valence-electron chi connectivity index (χ2n) is 9.56. The van der Waals surface area contributed by atoms with Gasteiger partial charge in [0.15, 0.2) is 5.69 Å². The highest BCUT2D eigenvalue weighted by Gasteiger charge is 2.17. The minimum absolute atomic E-state index is 0.172. The summed E-state index contributed by atoms with van der Waals surface area (Å²) in [5.74, 6) is 0. The summed E-state index contributed by atoms with van der Waals surface area (Å²) in [6, 6.07) is 26.1. The van der Waals surface area contributed by atoms with Crippen LogP contribution in [0.25, 0.3) is 27.8 Å². The summed E-state index contributed by atoms with van der Waals surface area (Å²) in [5.41, 5.74) is 8.03. The van der Waals surface area contributed by atoms with E-state index in [1.807, 2.05) is 84.3 Å². The zero-order chi connectivity index (χ0) is 27.1. The molecule has 0 bridgehead atoms. The highest BCUT2D eigenvalue weighted by molar-refractivity contribution is 7.07. The molecule has 0 atom stereocenters. The summed E-state index contributed by atoms with van der Waals surface area (Å²) in [5, 5.41) is 8.08. The van der Waals surface area contributed by atoms with E-state index in [0.29, 0.717) is 10.5 Å². The van der Waals surface area contributed by atoms with E-state index in [0.717, 1.165) is 44.8 Å². The van der Waals surface area contributed by atoms with Gasteiger partial charge in [-0.1, -0.05) is 66.2 Å². The van der Waals surface area contributed by atoms with Crippen molar-refractivity contribution in [1.29, 1.82) is 0 Å². The highest BCUT2D eigenvalue weighted by atomic mass is 32.1. The molecule has 0 fully saturated rings. The van der Waals surface area contributed by atoms with Gasteiger partial charge in [0.05, 0.1) is 23.3 Å². The van der Waals surface area contributed by atoms with E-state index < -0.39 is 0 Å². The topological polar surface area (TPSA) is 72.4 Å². The van der Waals surface area contributed by atoms with Crippen molar-refractivity contribution in [1.82, 2.24) is 19.0 Å². The molecule has 0 aliphatic carbocycles.